The van der Waals surface area contributed by atoms with Crippen LogP contribution in [0.15, 0.2) is 30.3 Å². The molecule has 0 bridgehead atoms. The van der Waals surface area contributed by atoms with E-state index in [0.717, 1.165) is 5.56 Å². The predicted octanol–water partition coefficient (Wildman–Crippen LogP) is 1.26. The van der Waals surface area contributed by atoms with Crippen LogP contribution in [-0.2, 0) is 9.53 Å². The molecular formula is C11H13NO2. The maximum absolute atomic E-state index is 11.0. The molecule has 74 valence electrons. The Morgan fingerprint density at radius 2 is 2.07 bits per heavy atom. The van der Waals surface area contributed by atoms with E-state index in [2.05, 4.69) is 5.32 Å². The summed E-state index contributed by atoms with van der Waals surface area (Å²) >= 11 is 0. The monoisotopic (exact) mass is 191 g/mol. The number of morpholine rings is 1. The highest BCUT2D eigenvalue weighted by Crippen LogP contribution is 2.23. The largest absolute Gasteiger partial charge is 0.362 e. The van der Waals surface area contributed by atoms with Gasteiger partial charge in [-0.3, -0.25) is 4.79 Å². The van der Waals surface area contributed by atoms with Crippen LogP contribution in [0.25, 0.3) is 0 Å². The molecule has 0 spiro atoms. The number of carbonyl (C=O) groups excluding carboxylic acids is 1. The summed E-state index contributed by atoms with van der Waals surface area (Å²) in [5, 5.41) is 2.86. The van der Waals surface area contributed by atoms with E-state index in [1.807, 2.05) is 37.3 Å². The van der Waals surface area contributed by atoms with Crippen molar-refractivity contribution in [3.05, 3.63) is 35.9 Å². The van der Waals surface area contributed by atoms with Crippen LogP contribution in [-0.4, -0.2) is 18.6 Å². The number of amides is 1. The lowest BCUT2D eigenvalue weighted by molar-refractivity contribution is -0.136. The first kappa shape index (κ1) is 9.21. The topological polar surface area (TPSA) is 38.3 Å². The second kappa shape index (κ2) is 3.80. The maximum Gasteiger partial charge on any atom is 0.246 e. The van der Waals surface area contributed by atoms with Crippen LogP contribution in [0.1, 0.15) is 18.6 Å². The van der Waals surface area contributed by atoms with Gasteiger partial charge in [0.25, 0.3) is 0 Å². The molecule has 0 aromatic heterocycles. The van der Waals surface area contributed by atoms with Gasteiger partial charge in [-0.25, -0.2) is 0 Å². The van der Waals surface area contributed by atoms with Gasteiger partial charge in [0.05, 0.1) is 6.04 Å². The average molecular weight is 191 g/mol. The Balaban J connectivity index is 2.16. The fourth-order valence-electron chi connectivity index (χ4n) is 1.71. The van der Waals surface area contributed by atoms with E-state index in [1.165, 1.54) is 0 Å². The molecule has 2 atom stereocenters. The number of hydrogen-bond acceptors (Lipinski definition) is 2. The lowest BCUT2D eigenvalue weighted by Crippen LogP contribution is -2.45. The fraction of sp³-hybridized carbons (Fsp3) is 0.364. The molecule has 2 rings (SSSR count). The van der Waals surface area contributed by atoms with E-state index < -0.39 is 0 Å². The van der Waals surface area contributed by atoms with Crippen molar-refractivity contribution >= 4 is 5.91 Å². The van der Waals surface area contributed by atoms with Crippen LogP contribution in [0.4, 0.5) is 0 Å². The Labute approximate surface area is 83.1 Å². The summed E-state index contributed by atoms with van der Waals surface area (Å²) in [4.78, 5) is 11.0. The van der Waals surface area contributed by atoms with E-state index in [1.54, 1.807) is 0 Å². The van der Waals surface area contributed by atoms with Crippen molar-refractivity contribution < 1.29 is 9.53 Å². The number of rotatable bonds is 1. The Hall–Kier alpha value is -1.35. The van der Waals surface area contributed by atoms with Crippen molar-refractivity contribution in [2.75, 3.05) is 6.61 Å². The standard InChI is InChI=1S/C11H13NO2/c1-8-11(14-7-10(13)12-8)9-5-3-2-4-6-9/h2-6,8,11H,7H2,1H3,(H,12,13)/t8-,11-/m0/s1. The third kappa shape index (κ3) is 1.77. The molecule has 1 fully saturated rings. The summed E-state index contributed by atoms with van der Waals surface area (Å²) in [6.45, 7) is 2.11. The molecule has 14 heavy (non-hydrogen) atoms. The van der Waals surface area contributed by atoms with Crippen molar-refractivity contribution in [2.45, 2.75) is 19.1 Å². The summed E-state index contributed by atoms with van der Waals surface area (Å²) in [5.41, 5.74) is 1.11. The second-order valence-electron chi connectivity index (χ2n) is 3.50. The van der Waals surface area contributed by atoms with E-state index in [4.69, 9.17) is 4.74 Å². The van der Waals surface area contributed by atoms with Gasteiger partial charge in [-0.05, 0) is 12.5 Å². The molecule has 1 aliphatic rings. The first-order valence-corrected chi connectivity index (χ1v) is 4.73. The SMILES string of the molecule is C[C@@H]1NC(=O)CO[C@@H]1c1ccccc1. The van der Waals surface area contributed by atoms with Crippen molar-refractivity contribution in [3.63, 3.8) is 0 Å². The number of carbonyl (C=O) groups is 1. The minimum absolute atomic E-state index is 0.0195. The Morgan fingerprint density at radius 3 is 2.71 bits per heavy atom. The van der Waals surface area contributed by atoms with Crippen molar-refractivity contribution in [2.24, 2.45) is 0 Å². The van der Waals surface area contributed by atoms with Gasteiger partial charge in [-0.2, -0.15) is 0 Å². The molecule has 0 saturated carbocycles. The lowest BCUT2D eigenvalue weighted by atomic mass is 10.0. The molecule has 1 aromatic carbocycles. The zero-order valence-electron chi connectivity index (χ0n) is 8.07. The van der Waals surface area contributed by atoms with E-state index in [-0.39, 0.29) is 24.7 Å². The normalized spacial score (nSPS) is 27.1. The lowest BCUT2D eigenvalue weighted by Gasteiger charge is -2.30. The van der Waals surface area contributed by atoms with Gasteiger partial charge >= 0.3 is 0 Å². The first-order valence-electron chi connectivity index (χ1n) is 4.73. The van der Waals surface area contributed by atoms with Gasteiger partial charge in [-0.15, -0.1) is 0 Å². The molecule has 0 unspecified atom stereocenters. The molecule has 0 radical (unpaired) electrons. The van der Waals surface area contributed by atoms with E-state index in [0.29, 0.717) is 0 Å². The fourth-order valence-corrected chi connectivity index (χ4v) is 1.71. The molecule has 1 N–H and O–H groups in total. The Kier molecular flexibility index (Phi) is 2.50. The zero-order chi connectivity index (χ0) is 9.97. The van der Waals surface area contributed by atoms with Gasteiger partial charge in [0.1, 0.15) is 12.7 Å². The Morgan fingerprint density at radius 1 is 1.36 bits per heavy atom. The highest BCUT2D eigenvalue weighted by molar-refractivity contribution is 5.78. The van der Waals surface area contributed by atoms with Gasteiger partial charge in [-0.1, -0.05) is 30.3 Å². The van der Waals surface area contributed by atoms with Gasteiger partial charge in [0, 0.05) is 0 Å². The highest BCUT2D eigenvalue weighted by atomic mass is 16.5. The first-order chi connectivity index (χ1) is 6.77. The van der Waals surface area contributed by atoms with Gasteiger partial charge in [0.2, 0.25) is 5.91 Å². The molecular weight excluding hydrogens is 178 g/mol. The summed E-state index contributed by atoms with van der Waals surface area (Å²) in [6.07, 6.45) is -0.0195. The smallest absolute Gasteiger partial charge is 0.246 e. The summed E-state index contributed by atoms with van der Waals surface area (Å²) in [6, 6.07) is 9.98. The summed E-state index contributed by atoms with van der Waals surface area (Å²) in [5.74, 6) is -0.0373. The average Bonchev–Trinajstić information content (AvgIpc) is 2.19. The molecule has 1 heterocycles. The molecule has 0 aliphatic carbocycles. The van der Waals surface area contributed by atoms with Crippen LogP contribution in [0.5, 0.6) is 0 Å². The van der Waals surface area contributed by atoms with Crippen LogP contribution in [0, 0.1) is 0 Å². The number of nitrogens with one attached hydrogen (secondary N) is 1. The second-order valence-corrected chi connectivity index (χ2v) is 3.50. The predicted molar refractivity (Wildman–Crippen MR) is 52.7 cm³/mol. The molecule has 1 aliphatic heterocycles. The number of hydrogen-bond donors (Lipinski definition) is 1. The van der Waals surface area contributed by atoms with Crippen molar-refractivity contribution in [1.82, 2.24) is 5.32 Å². The molecule has 3 nitrogen and oxygen atoms in total. The minimum atomic E-state index is -0.0373. The molecule has 1 saturated heterocycles. The molecule has 3 heteroatoms. The molecule has 1 amide bonds. The number of benzene rings is 1. The van der Waals surface area contributed by atoms with Crippen molar-refractivity contribution in [1.29, 1.82) is 0 Å². The van der Waals surface area contributed by atoms with E-state index >= 15 is 0 Å². The van der Waals surface area contributed by atoms with Gasteiger partial charge in [0.15, 0.2) is 0 Å². The highest BCUT2D eigenvalue weighted by Gasteiger charge is 2.26. The van der Waals surface area contributed by atoms with Crippen LogP contribution in [0.3, 0.4) is 0 Å². The van der Waals surface area contributed by atoms with Gasteiger partial charge < -0.3 is 10.1 Å². The third-order valence-corrected chi connectivity index (χ3v) is 2.36. The summed E-state index contributed by atoms with van der Waals surface area (Å²) in [7, 11) is 0. The van der Waals surface area contributed by atoms with Crippen LogP contribution in [0.2, 0.25) is 0 Å². The van der Waals surface area contributed by atoms with Crippen molar-refractivity contribution in [3.8, 4) is 0 Å². The number of ether oxygens (including phenoxy) is 1. The van der Waals surface area contributed by atoms with Crippen LogP contribution < -0.4 is 5.32 Å². The minimum Gasteiger partial charge on any atom is -0.362 e. The van der Waals surface area contributed by atoms with E-state index in [9.17, 15) is 4.79 Å². The summed E-state index contributed by atoms with van der Waals surface area (Å²) < 4.78 is 5.48. The Bertz CT molecular complexity index is 323. The van der Waals surface area contributed by atoms with Crippen LogP contribution >= 0.6 is 0 Å². The molecule has 1 aromatic rings. The maximum atomic E-state index is 11.0. The quantitative estimate of drug-likeness (QED) is 0.725. The zero-order valence-corrected chi connectivity index (χ0v) is 8.07. The third-order valence-electron chi connectivity index (χ3n) is 2.36.